The highest BCUT2D eigenvalue weighted by Crippen LogP contribution is 2.26. The van der Waals surface area contributed by atoms with Crippen LogP contribution in [0.15, 0.2) is 30.7 Å². The number of hydrogen-bond acceptors (Lipinski definition) is 4. The minimum Gasteiger partial charge on any atom is -0.481 e. The number of carbonyl (C=O) groups is 2. The molecule has 2 aromatic heterocycles. The second-order valence-electron chi connectivity index (χ2n) is 5.98. The number of amides is 1. The van der Waals surface area contributed by atoms with Crippen molar-refractivity contribution >= 4 is 11.9 Å². The number of carboxylic acids is 1. The number of rotatable bonds is 3. The minimum atomic E-state index is -0.851. The van der Waals surface area contributed by atoms with Gasteiger partial charge in [-0.1, -0.05) is 6.92 Å². The van der Waals surface area contributed by atoms with E-state index in [0.29, 0.717) is 24.2 Å². The lowest BCUT2D eigenvalue weighted by molar-refractivity contribution is -0.143. The largest absolute Gasteiger partial charge is 0.481 e. The molecule has 3 heterocycles. The maximum atomic E-state index is 12.8. The van der Waals surface area contributed by atoms with E-state index in [1.54, 1.807) is 29.4 Å². The number of hydrogen-bond donors (Lipinski definition) is 2. The van der Waals surface area contributed by atoms with Gasteiger partial charge in [-0.2, -0.15) is 5.10 Å². The van der Waals surface area contributed by atoms with Gasteiger partial charge in [0.05, 0.1) is 23.4 Å². The molecule has 120 valence electrons. The van der Waals surface area contributed by atoms with Crippen LogP contribution < -0.4 is 0 Å². The monoisotopic (exact) mass is 314 g/mol. The summed E-state index contributed by atoms with van der Waals surface area (Å²) in [6.07, 6.45) is 5.39. The van der Waals surface area contributed by atoms with Gasteiger partial charge < -0.3 is 10.0 Å². The zero-order chi connectivity index (χ0) is 16.4. The van der Waals surface area contributed by atoms with Crippen molar-refractivity contribution in [3.63, 3.8) is 0 Å². The summed E-state index contributed by atoms with van der Waals surface area (Å²) in [5.74, 6) is -1.40. The predicted molar refractivity (Wildman–Crippen MR) is 82.6 cm³/mol. The van der Waals surface area contributed by atoms with Crippen molar-refractivity contribution in [3.05, 3.63) is 36.3 Å². The summed E-state index contributed by atoms with van der Waals surface area (Å²) in [6, 6.07) is 3.59. The number of aromatic amines is 1. The van der Waals surface area contributed by atoms with E-state index in [2.05, 4.69) is 15.2 Å². The maximum Gasteiger partial charge on any atom is 0.308 e. The van der Waals surface area contributed by atoms with Gasteiger partial charge in [-0.15, -0.1) is 0 Å². The number of carbonyl (C=O) groups excluding carboxylic acids is 1. The summed E-state index contributed by atoms with van der Waals surface area (Å²) in [5.41, 5.74) is 1.90. The molecule has 23 heavy (non-hydrogen) atoms. The van der Waals surface area contributed by atoms with Crippen molar-refractivity contribution in [2.75, 3.05) is 13.1 Å². The van der Waals surface area contributed by atoms with E-state index in [4.69, 9.17) is 0 Å². The second kappa shape index (κ2) is 6.20. The van der Waals surface area contributed by atoms with Gasteiger partial charge in [0, 0.05) is 31.0 Å². The molecule has 0 spiro atoms. The molecule has 2 aromatic rings. The van der Waals surface area contributed by atoms with E-state index in [-0.39, 0.29) is 18.4 Å². The summed E-state index contributed by atoms with van der Waals surface area (Å²) < 4.78 is 0. The van der Waals surface area contributed by atoms with Gasteiger partial charge in [0.15, 0.2) is 0 Å². The molecular weight excluding hydrogens is 296 g/mol. The number of piperidine rings is 1. The zero-order valence-corrected chi connectivity index (χ0v) is 12.8. The molecule has 1 aliphatic rings. The highest BCUT2D eigenvalue weighted by molar-refractivity contribution is 6.00. The van der Waals surface area contributed by atoms with Gasteiger partial charge in [-0.3, -0.25) is 19.7 Å². The van der Waals surface area contributed by atoms with E-state index in [0.717, 1.165) is 5.56 Å². The fourth-order valence-corrected chi connectivity index (χ4v) is 3.05. The highest BCUT2D eigenvalue weighted by atomic mass is 16.4. The van der Waals surface area contributed by atoms with Gasteiger partial charge in [0.1, 0.15) is 0 Å². The van der Waals surface area contributed by atoms with Crippen LogP contribution in [0.4, 0.5) is 0 Å². The lowest BCUT2D eigenvalue weighted by atomic mass is 9.90. The molecule has 2 atom stereocenters. The highest BCUT2D eigenvalue weighted by Gasteiger charge is 2.33. The molecule has 1 fully saturated rings. The molecule has 0 bridgehead atoms. The zero-order valence-electron chi connectivity index (χ0n) is 12.8. The summed E-state index contributed by atoms with van der Waals surface area (Å²) in [4.78, 5) is 29.7. The first-order valence-electron chi connectivity index (χ1n) is 7.52. The van der Waals surface area contributed by atoms with E-state index in [9.17, 15) is 14.7 Å². The Morgan fingerprint density at radius 3 is 2.74 bits per heavy atom. The Balaban J connectivity index is 1.87. The smallest absolute Gasteiger partial charge is 0.308 e. The Hall–Kier alpha value is -2.70. The van der Waals surface area contributed by atoms with Crippen LogP contribution in [0.2, 0.25) is 0 Å². The van der Waals surface area contributed by atoms with Crippen molar-refractivity contribution in [2.45, 2.75) is 13.3 Å². The molecule has 0 radical (unpaired) electrons. The van der Waals surface area contributed by atoms with Crippen molar-refractivity contribution in [1.29, 1.82) is 0 Å². The van der Waals surface area contributed by atoms with Crippen LogP contribution in [0.1, 0.15) is 23.7 Å². The Morgan fingerprint density at radius 2 is 2.04 bits per heavy atom. The average molecular weight is 314 g/mol. The number of aliphatic carboxylic acids is 1. The molecule has 2 N–H and O–H groups in total. The molecule has 2 unspecified atom stereocenters. The maximum absolute atomic E-state index is 12.8. The standard InChI is InChI=1S/C16H18N4O3/c1-10-6-12(16(22)23)9-20(8-10)15(21)13-7-18-19-14(13)11-2-4-17-5-3-11/h2-5,7,10,12H,6,8-9H2,1H3,(H,18,19)(H,22,23). The van der Waals surface area contributed by atoms with Gasteiger partial charge in [0.25, 0.3) is 5.91 Å². The third kappa shape index (κ3) is 3.08. The quantitative estimate of drug-likeness (QED) is 0.897. The summed E-state index contributed by atoms with van der Waals surface area (Å²) in [6.45, 7) is 2.76. The van der Waals surface area contributed by atoms with Crippen LogP contribution in [0, 0.1) is 11.8 Å². The summed E-state index contributed by atoms with van der Waals surface area (Å²) in [7, 11) is 0. The van der Waals surface area contributed by atoms with Crippen molar-refractivity contribution in [3.8, 4) is 11.3 Å². The first kappa shape index (κ1) is 15.2. The molecule has 7 heteroatoms. The topological polar surface area (TPSA) is 99.2 Å². The van der Waals surface area contributed by atoms with Crippen LogP contribution in [0.3, 0.4) is 0 Å². The number of nitrogens with one attached hydrogen (secondary N) is 1. The van der Waals surface area contributed by atoms with Crippen molar-refractivity contribution < 1.29 is 14.7 Å². The molecular formula is C16H18N4O3. The van der Waals surface area contributed by atoms with E-state index in [1.807, 2.05) is 6.92 Å². The number of H-pyrrole nitrogens is 1. The van der Waals surface area contributed by atoms with E-state index >= 15 is 0 Å². The third-order valence-corrected chi connectivity index (χ3v) is 4.13. The number of nitrogens with zero attached hydrogens (tertiary/aromatic N) is 3. The predicted octanol–water partition coefficient (Wildman–Crippen LogP) is 1.65. The summed E-state index contributed by atoms with van der Waals surface area (Å²) >= 11 is 0. The summed E-state index contributed by atoms with van der Waals surface area (Å²) in [5, 5.41) is 16.1. The van der Waals surface area contributed by atoms with Crippen LogP contribution in [0.5, 0.6) is 0 Å². The fourth-order valence-electron chi connectivity index (χ4n) is 3.05. The van der Waals surface area contributed by atoms with Gasteiger partial charge >= 0.3 is 5.97 Å². The van der Waals surface area contributed by atoms with Crippen LogP contribution in [0.25, 0.3) is 11.3 Å². The molecule has 1 aliphatic heterocycles. The van der Waals surface area contributed by atoms with E-state index in [1.165, 1.54) is 6.20 Å². The van der Waals surface area contributed by atoms with Gasteiger partial charge in [-0.05, 0) is 24.5 Å². The average Bonchev–Trinajstić information content (AvgIpc) is 3.04. The van der Waals surface area contributed by atoms with Gasteiger partial charge in [0.2, 0.25) is 0 Å². The lowest BCUT2D eigenvalue weighted by Gasteiger charge is -2.34. The molecule has 0 aromatic carbocycles. The molecule has 7 nitrogen and oxygen atoms in total. The number of likely N-dealkylation sites (tertiary alicyclic amines) is 1. The van der Waals surface area contributed by atoms with Crippen LogP contribution in [-0.2, 0) is 4.79 Å². The number of aromatic nitrogens is 3. The Bertz CT molecular complexity index is 713. The normalized spacial score (nSPS) is 21.2. The second-order valence-corrected chi connectivity index (χ2v) is 5.98. The molecule has 1 saturated heterocycles. The Labute approximate surface area is 133 Å². The van der Waals surface area contributed by atoms with Crippen LogP contribution in [-0.4, -0.2) is 50.2 Å². The first-order valence-corrected chi connectivity index (χ1v) is 7.52. The van der Waals surface area contributed by atoms with Crippen LogP contribution >= 0.6 is 0 Å². The molecule has 1 amide bonds. The van der Waals surface area contributed by atoms with Gasteiger partial charge in [-0.25, -0.2) is 0 Å². The third-order valence-electron chi connectivity index (χ3n) is 4.13. The number of pyridine rings is 1. The Kier molecular flexibility index (Phi) is 4.10. The molecule has 3 rings (SSSR count). The first-order chi connectivity index (χ1) is 11.1. The number of carboxylic acid groups (broad SMARTS) is 1. The van der Waals surface area contributed by atoms with Crippen molar-refractivity contribution in [2.24, 2.45) is 11.8 Å². The molecule has 0 saturated carbocycles. The van der Waals surface area contributed by atoms with E-state index < -0.39 is 11.9 Å². The SMILES string of the molecule is CC1CC(C(=O)O)CN(C(=O)c2cn[nH]c2-c2ccncc2)C1. The molecule has 0 aliphatic carbocycles. The van der Waals surface area contributed by atoms with Crippen molar-refractivity contribution in [1.82, 2.24) is 20.1 Å². The lowest BCUT2D eigenvalue weighted by Crippen LogP contribution is -2.45. The Morgan fingerprint density at radius 1 is 1.30 bits per heavy atom. The fraction of sp³-hybridized carbons (Fsp3) is 0.375. The minimum absolute atomic E-state index is 0.157.